The zero-order valence-electron chi connectivity index (χ0n) is 14.9. The number of nitrogens with zero attached hydrogens (tertiary/aromatic N) is 2. The molecule has 0 fully saturated rings. The molecule has 1 heterocycles. The Balaban J connectivity index is 1.31. The lowest BCUT2D eigenvalue weighted by molar-refractivity contribution is -0.118. The van der Waals surface area contributed by atoms with Crippen LogP contribution in [-0.2, 0) is 10.5 Å². The van der Waals surface area contributed by atoms with Gasteiger partial charge in [0.15, 0.2) is 10.9 Å². The Morgan fingerprint density at radius 2 is 1.75 bits per heavy atom. The third-order valence-electron chi connectivity index (χ3n) is 3.97. The van der Waals surface area contributed by atoms with Gasteiger partial charge in [-0.2, -0.15) is 0 Å². The summed E-state index contributed by atoms with van der Waals surface area (Å²) < 4.78 is 6.52. The maximum atomic E-state index is 12.2. The fourth-order valence-electron chi connectivity index (χ4n) is 2.66. The number of aromatic nitrogens is 2. The molecule has 0 radical (unpaired) electrons. The van der Waals surface area contributed by atoms with Gasteiger partial charge in [-0.3, -0.25) is 10.1 Å². The Hall–Kier alpha value is -2.90. The molecule has 0 bridgehead atoms. The molecule has 4 aromatic rings. The smallest absolute Gasteiger partial charge is 0.264 e. The van der Waals surface area contributed by atoms with Gasteiger partial charge in [0.05, 0.1) is 0 Å². The van der Waals surface area contributed by atoms with E-state index in [0.717, 1.165) is 20.9 Å². The number of hydrogen-bond donors (Lipinski definition) is 1. The molecule has 0 saturated heterocycles. The number of rotatable bonds is 7. The van der Waals surface area contributed by atoms with Crippen molar-refractivity contribution < 1.29 is 9.53 Å². The summed E-state index contributed by atoms with van der Waals surface area (Å²) in [7, 11) is 0. The number of fused-ring (bicyclic) bond motifs is 1. The van der Waals surface area contributed by atoms with E-state index >= 15 is 0 Å². The van der Waals surface area contributed by atoms with E-state index in [1.165, 1.54) is 16.9 Å². The Morgan fingerprint density at radius 1 is 0.964 bits per heavy atom. The van der Waals surface area contributed by atoms with Gasteiger partial charge in [0.2, 0.25) is 5.13 Å². The third-order valence-corrected chi connectivity index (χ3v) is 6.01. The minimum Gasteiger partial charge on any atom is -0.483 e. The zero-order chi connectivity index (χ0) is 19.2. The molecule has 0 aliphatic rings. The predicted octanol–water partition coefficient (Wildman–Crippen LogP) is 5.00. The lowest BCUT2D eigenvalue weighted by atomic mass is 10.1. The first kappa shape index (κ1) is 18.5. The van der Waals surface area contributed by atoms with E-state index in [4.69, 9.17) is 4.74 Å². The largest absolute Gasteiger partial charge is 0.483 e. The third kappa shape index (κ3) is 4.68. The van der Waals surface area contributed by atoms with E-state index < -0.39 is 0 Å². The van der Waals surface area contributed by atoms with Crippen LogP contribution in [0.5, 0.6) is 5.75 Å². The maximum Gasteiger partial charge on any atom is 0.264 e. The molecule has 7 heteroatoms. The summed E-state index contributed by atoms with van der Waals surface area (Å²) >= 11 is 2.95. The van der Waals surface area contributed by atoms with E-state index in [-0.39, 0.29) is 12.5 Å². The number of ether oxygens (including phenoxy) is 1. The average Bonchev–Trinajstić information content (AvgIpc) is 3.18. The second-order valence-corrected chi connectivity index (χ2v) is 8.16. The van der Waals surface area contributed by atoms with Crippen LogP contribution in [0.15, 0.2) is 77.1 Å². The van der Waals surface area contributed by atoms with Crippen molar-refractivity contribution in [1.29, 1.82) is 0 Å². The fourth-order valence-corrected chi connectivity index (χ4v) is 4.38. The van der Waals surface area contributed by atoms with Crippen LogP contribution in [0.25, 0.3) is 10.8 Å². The van der Waals surface area contributed by atoms with Gasteiger partial charge < -0.3 is 4.74 Å². The molecule has 140 valence electrons. The first-order valence-electron chi connectivity index (χ1n) is 8.68. The maximum absolute atomic E-state index is 12.2. The summed E-state index contributed by atoms with van der Waals surface area (Å²) in [6.07, 6.45) is 0. The van der Waals surface area contributed by atoms with Gasteiger partial charge in [0.25, 0.3) is 5.91 Å². The molecule has 1 amide bonds. The minimum absolute atomic E-state index is 0.0833. The zero-order valence-corrected chi connectivity index (χ0v) is 16.5. The van der Waals surface area contributed by atoms with Gasteiger partial charge >= 0.3 is 0 Å². The quantitative estimate of drug-likeness (QED) is 0.345. The van der Waals surface area contributed by atoms with Crippen LogP contribution in [0.2, 0.25) is 0 Å². The van der Waals surface area contributed by atoms with Gasteiger partial charge in [0.1, 0.15) is 5.75 Å². The SMILES string of the molecule is O=C(COc1cccc2ccccc12)Nc1nnc(SCc2ccccc2)s1. The molecule has 3 aromatic carbocycles. The summed E-state index contributed by atoms with van der Waals surface area (Å²) in [5.74, 6) is 1.24. The summed E-state index contributed by atoms with van der Waals surface area (Å²) in [5, 5.41) is 13.4. The molecule has 1 N–H and O–H groups in total. The van der Waals surface area contributed by atoms with Crippen molar-refractivity contribution in [2.24, 2.45) is 0 Å². The number of thioether (sulfide) groups is 1. The second kappa shape index (κ2) is 8.86. The predicted molar refractivity (Wildman–Crippen MR) is 114 cm³/mol. The molecule has 1 aromatic heterocycles. The van der Waals surface area contributed by atoms with Gasteiger partial charge in [-0.25, -0.2) is 0 Å². The first-order chi connectivity index (χ1) is 13.8. The number of carbonyl (C=O) groups excluding carboxylic acids is 1. The molecular formula is C21H17N3O2S2. The number of amides is 1. The van der Waals surface area contributed by atoms with Crippen LogP contribution in [-0.4, -0.2) is 22.7 Å². The first-order valence-corrected chi connectivity index (χ1v) is 10.5. The van der Waals surface area contributed by atoms with E-state index in [1.807, 2.05) is 60.7 Å². The number of hydrogen-bond acceptors (Lipinski definition) is 6. The van der Waals surface area contributed by atoms with Crippen molar-refractivity contribution in [3.05, 3.63) is 78.4 Å². The second-order valence-electron chi connectivity index (χ2n) is 5.96. The molecule has 0 spiro atoms. The number of benzene rings is 3. The monoisotopic (exact) mass is 407 g/mol. The number of carbonyl (C=O) groups is 1. The highest BCUT2D eigenvalue weighted by Gasteiger charge is 2.10. The molecule has 0 aliphatic carbocycles. The molecule has 0 atom stereocenters. The Morgan fingerprint density at radius 3 is 2.64 bits per heavy atom. The Bertz CT molecular complexity index is 1080. The molecule has 28 heavy (non-hydrogen) atoms. The molecular weight excluding hydrogens is 390 g/mol. The molecule has 4 rings (SSSR count). The summed E-state index contributed by atoms with van der Waals surface area (Å²) in [6, 6.07) is 23.9. The van der Waals surface area contributed by atoms with E-state index in [9.17, 15) is 4.79 Å². The average molecular weight is 408 g/mol. The number of anilines is 1. The summed E-state index contributed by atoms with van der Waals surface area (Å²) in [4.78, 5) is 12.2. The summed E-state index contributed by atoms with van der Waals surface area (Å²) in [6.45, 7) is -0.0833. The van der Waals surface area contributed by atoms with Gasteiger partial charge in [-0.15, -0.1) is 10.2 Å². The van der Waals surface area contributed by atoms with E-state index in [0.29, 0.717) is 10.9 Å². The van der Waals surface area contributed by atoms with Crippen LogP contribution in [0.1, 0.15) is 5.56 Å². The Kier molecular flexibility index (Phi) is 5.84. The number of nitrogens with one attached hydrogen (secondary N) is 1. The Labute approximate surface area is 170 Å². The van der Waals surface area contributed by atoms with E-state index in [2.05, 4.69) is 27.6 Å². The minimum atomic E-state index is -0.260. The molecule has 0 aliphatic heterocycles. The van der Waals surface area contributed by atoms with Crippen molar-refractivity contribution >= 4 is 44.9 Å². The van der Waals surface area contributed by atoms with Gasteiger partial charge in [0, 0.05) is 11.1 Å². The van der Waals surface area contributed by atoms with Crippen molar-refractivity contribution in [3.8, 4) is 5.75 Å². The lowest BCUT2D eigenvalue weighted by Crippen LogP contribution is -2.20. The van der Waals surface area contributed by atoms with E-state index in [1.54, 1.807) is 11.8 Å². The summed E-state index contributed by atoms with van der Waals surface area (Å²) in [5.41, 5.74) is 1.22. The van der Waals surface area contributed by atoms with Crippen molar-refractivity contribution in [2.75, 3.05) is 11.9 Å². The van der Waals surface area contributed by atoms with Crippen LogP contribution in [0.3, 0.4) is 0 Å². The van der Waals surface area contributed by atoms with Crippen LogP contribution >= 0.6 is 23.1 Å². The van der Waals surface area contributed by atoms with Gasteiger partial charge in [-0.1, -0.05) is 89.8 Å². The highest BCUT2D eigenvalue weighted by molar-refractivity contribution is 8.00. The van der Waals surface area contributed by atoms with Crippen molar-refractivity contribution in [2.45, 2.75) is 10.1 Å². The normalized spacial score (nSPS) is 10.7. The fraction of sp³-hybridized carbons (Fsp3) is 0.0952. The highest BCUT2D eigenvalue weighted by Crippen LogP contribution is 2.28. The van der Waals surface area contributed by atoms with Gasteiger partial charge in [-0.05, 0) is 17.0 Å². The molecule has 5 nitrogen and oxygen atoms in total. The van der Waals surface area contributed by atoms with Crippen LogP contribution in [0.4, 0.5) is 5.13 Å². The molecule has 0 saturated carbocycles. The highest BCUT2D eigenvalue weighted by atomic mass is 32.2. The van der Waals surface area contributed by atoms with Crippen molar-refractivity contribution in [1.82, 2.24) is 10.2 Å². The topological polar surface area (TPSA) is 64.1 Å². The standard InChI is InChI=1S/C21H17N3O2S2/c25-19(13-26-18-12-6-10-16-9-4-5-11-17(16)18)22-20-23-24-21(28-20)27-14-15-7-2-1-3-8-15/h1-12H,13-14H2,(H,22,23,25). The lowest BCUT2D eigenvalue weighted by Gasteiger charge is -2.08. The van der Waals surface area contributed by atoms with Crippen LogP contribution in [0, 0.1) is 0 Å². The van der Waals surface area contributed by atoms with Crippen LogP contribution < -0.4 is 10.1 Å². The van der Waals surface area contributed by atoms with Crippen molar-refractivity contribution in [3.63, 3.8) is 0 Å². The molecule has 0 unspecified atom stereocenters.